The van der Waals surface area contributed by atoms with E-state index in [1.54, 1.807) is 6.07 Å². The smallest absolute Gasteiger partial charge is 0.261 e. The van der Waals surface area contributed by atoms with E-state index in [4.69, 9.17) is 0 Å². The molecule has 0 bridgehead atoms. The van der Waals surface area contributed by atoms with Crippen molar-refractivity contribution in [2.24, 2.45) is 5.92 Å². The number of thiophene rings is 1. The largest absolute Gasteiger partial charge is 0.351 e. The molecule has 1 fully saturated rings. The number of nitrogens with one attached hydrogen (secondary N) is 1. The number of fused-ring (bicyclic) bond motifs is 1. The van der Waals surface area contributed by atoms with Crippen LogP contribution in [-0.4, -0.2) is 35.4 Å². The first-order valence-corrected chi connectivity index (χ1v) is 10.2. The second-order valence-electron chi connectivity index (χ2n) is 7.04. The summed E-state index contributed by atoms with van der Waals surface area (Å²) in [5.74, 6) is 0.163. The van der Waals surface area contributed by atoms with Crippen LogP contribution < -0.4 is 5.32 Å². The summed E-state index contributed by atoms with van der Waals surface area (Å²) >= 11 is 1.46. The Kier molecular flexibility index (Phi) is 5.45. The van der Waals surface area contributed by atoms with Crippen molar-refractivity contribution < 1.29 is 9.18 Å². The average molecular weight is 383 g/mol. The Balaban J connectivity index is 1.36. The van der Waals surface area contributed by atoms with E-state index in [0.29, 0.717) is 24.5 Å². The summed E-state index contributed by atoms with van der Waals surface area (Å²) in [6.07, 6.45) is 2.21. The molecule has 2 aromatic heterocycles. The van der Waals surface area contributed by atoms with Gasteiger partial charge in [0.05, 0.1) is 10.6 Å². The van der Waals surface area contributed by atoms with Crippen LogP contribution >= 0.6 is 11.3 Å². The highest BCUT2D eigenvalue weighted by Crippen LogP contribution is 2.20. The molecule has 4 nitrogen and oxygen atoms in total. The van der Waals surface area contributed by atoms with Crippen molar-refractivity contribution in [2.75, 3.05) is 19.6 Å². The lowest BCUT2D eigenvalue weighted by molar-refractivity contribution is 0.0934. The quantitative estimate of drug-likeness (QED) is 0.722. The highest BCUT2D eigenvalue weighted by Gasteiger charge is 2.21. The van der Waals surface area contributed by atoms with Gasteiger partial charge in [0.15, 0.2) is 0 Å². The van der Waals surface area contributed by atoms with Crippen molar-refractivity contribution in [3.63, 3.8) is 0 Å². The van der Waals surface area contributed by atoms with Gasteiger partial charge in [0.25, 0.3) is 5.91 Å². The molecule has 4 rings (SSSR count). The number of halogens is 1. The van der Waals surface area contributed by atoms with E-state index in [-0.39, 0.29) is 11.7 Å². The zero-order valence-corrected chi connectivity index (χ0v) is 15.8. The van der Waals surface area contributed by atoms with E-state index in [1.165, 1.54) is 17.4 Å². The van der Waals surface area contributed by atoms with Gasteiger partial charge in [0.1, 0.15) is 11.3 Å². The van der Waals surface area contributed by atoms with E-state index in [1.807, 2.05) is 35.7 Å². The van der Waals surface area contributed by atoms with Gasteiger partial charge < -0.3 is 5.32 Å². The minimum atomic E-state index is -0.276. The van der Waals surface area contributed by atoms with Crippen LogP contribution in [0.1, 0.15) is 28.2 Å². The van der Waals surface area contributed by atoms with Crippen LogP contribution in [0.5, 0.6) is 0 Å². The van der Waals surface area contributed by atoms with Gasteiger partial charge in [0.2, 0.25) is 0 Å². The first kappa shape index (κ1) is 18.1. The molecule has 1 aliphatic heterocycles. The third kappa shape index (κ3) is 4.34. The highest BCUT2D eigenvalue weighted by atomic mass is 32.1. The van der Waals surface area contributed by atoms with Crippen molar-refractivity contribution in [3.8, 4) is 0 Å². The number of nitrogens with zero attached hydrogens (tertiary/aromatic N) is 2. The Morgan fingerprint density at radius 2 is 2.19 bits per heavy atom. The number of carbonyl (C=O) groups is 1. The molecule has 140 valence electrons. The Morgan fingerprint density at radius 1 is 1.26 bits per heavy atom. The summed E-state index contributed by atoms with van der Waals surface area (Å²) in [6, 6.07) is 12.7. The zero-order valence-electron chi connectivity index (χ0n) is 15.0. The third-order valence-corrected chi connectivity index (χ3v) is 5.88. The van der Waals surface area contributed by atoms with E-state index in [2.05, 4.69) is 15.2 Å². The third-order valence-electron chi connectivity index (χ3n) is 5.01. The minimum absolute atomic E-state index is 0.00814. The van der Waals surface area contributed by atoms with Gasteiger partial charge in [-0.15, -0.1) is 11.3 Å². The molecule has 1 atom stereocenters. The van der Waals surface area contributed by atoms with Gasteiger partial charge >= 0.3 is 0 Å². The van der Waals surface area contributed by atoms with Crippen molar-refractivity contribution in [3.05, 3.63) is 64.2 Å². The summed E-state index contributed by atoms with van der Waals surface area (Å²) in [4.78, 5) is 19.7. The highest BCUT2D eigenvalue weighted by molar-refractivity contribution is 7.12. The molecule has 1 amide bonds. The van der Waals surface area contributed by atoms with Gasteiger partial charge in [-0.3, -0.25) is 9.69 Å². The number of para-hydroxylation sites is 1. The number of benzene rings is 1. The Morgan fingerprint density at radius 3 is 3.04 bits per heavy atom. The molecule has 1 aliphatic rings. The summed E-state index contributed by atoms with van der Waals surface area (Å²) < 4.78 is 14.0. The average Bonchev–Trinajstić information content (AvgIpc) is 3.22. The standard InChI is InChI=1S/C21H22FN3OS/c22-18-6-1-5-16-8-9-17(24-20(16)18)14-25-10-2-4-15(13-25)12-23-21(26)19-7-3-11-27-19/h1,3,5-9,11,15H,2,4,10,12-14H2,(H,23,26)/t15-/m1/s1. The van der Waals surface area contributed by atoms with Crippen LogP contribution in [0.2, 0.25) is 0 Å². The lowest BCUT2D eigenvalue weighted by atomic mass is 9.97. The zero-order chi connectivity index (χ0) is 18.6. The number of piperidine rings is 1. The topological polar surface area (TPSA) is 45.2 Å². The van der Waals surface area contributed by atoms with Crippen molar-refractivity contribution >= 4 is 28.1 Å². The predicted molar refractivity (Wildman–Crippen MR) is 106 cm³/mol. The molecule has 27 heavy (non-hydrogen) atoms. The van der Waals surface area contributed by atoms with Crippen molar-refractivity contribution in [1.82, 2.24) is 15.2 Å². The lowest BCUT2D eigenvalue weighted by Gasteiger charge is -2.32. The lowest BCUT2D eigenvalue weighted by Crippen LogP contribution is -2.40. The number of hydrogen-bond acceptors (Lipinski definition) is 4. The number of amides is 1. The van der Waals surface area contributed by atoms with Gasteiger partial charge in [-0.2, -0.15) is 0 Å². The molecular formula is C21H22FN3OS. The van der Waals surface area contributed by atoms with Crippen LogP contribution in [0.4, 0.5) is 4.39 Å². The molecule has 6 heteroatoms. The molecule has 1 aromatic carbocycles. The normalized spacial score (nSPS) is 17.9. The fraction of sp³-hybridized carbons (Fsp3) is 0.333. The van der Waals surface area contributed by atoms with Crippen LogP contribution in [-0.2, 0) is 6.54 Å². The second kappa shape index (κ2) is 8.15. The number of hydrogen-bond donors (Lipinski definition) is 1. The van der Waals surface area contributed by atoms with Crippen LogP contribution in [0.15, 0.2) is 47.8 Å². The molecule has 1 N–H and O–H groups in total. The molecule has 3 heterocycles. The molecule has 1 saturated heterocycles. The SMILES string of the molecule is O=C(NC[C@H]1CCCN(Cc2ccc3cccc(F)c3n2)C1)c1cccs1. The minimum Gasteiger partial charge on any atom is -0.351 e. The fourth-order valence-electron chi connectivity index (χ4n) is 3.66. The summed E-state index contributed by atoms with van der Waals surface area (Å²) in [5, 5.41) is 5.79. The maximum atomic E-state index is 14.0. The maximum absolute atomic E-state index is 14.0. The summed E-state index contributed by atoms with van der Waals surface area (Å²) in [7, 11) is 0. The molecule has 0 unspecified atom stereocenters. The molecule has 0 saturated carbocycles. The number of likely N-dealkylation sites (tertiary alicyclic amines) is 1. The Hall–Kier alpha value is -2.31. The van der Waals surface area contributed by atoms with E-state index in [0.717, 1.165) is 41.9 Å². The summed E-state index contributed by atoms with van der Waals surface area (Å²) in [6.45, 7) is 3.32. The van der Waals surface area contributed by atoms with Crippen LogP contribution in [0, 0.1) is 11.7 Å². The molecule has 0 radical (unpaired) electrons. The first-order chi connectivity index (χ1) is 13.2. The number of carbonyl (C=O) groups excluding carboxylic acids is 1. The number of pyridine rings is 1. The Labute approximate surface area is 162 Å². The number of rotatable bonds is 5. The number of aromatic nitrogens is 1. The predicted octanol–water partition coefficient (Wildman–Crippen LogP) is 4.08. The summed E-state index contributed by atoms with van der Waals surface area (Å²) in [5.41, 5.74) is 1.32. The maximum Gasteiger partial charge on any atom is 0.261 e. The Bertz CT molecular complexity index is 928. The second-order valence-corrected chi connectivity index (χ2v) is 7.99. The molecule has 3 aromatic rings. The molecule has 0 aliphatic carbocycles. The first-order valence-electron chi connectivity index (χ1n) is 9.27. The van der Waals surface area contributed by atoms with Gasteiger partial charge in [0, 0.05) is 25.0 Å². The van der Waals surface area contributed by atoms with Gasteiger partial charge in [-0.1, -0.05) is 24.3 Å². The fourth-order valence-corrected chi connectivity index (χ4v) is 4.30. The van der Waals surface area contributed by atoms with Crippen molar-refractivity contribution in [2.45, 2.75) is 19.4 Å². The van der Waals surface area contributed by atoms with E-state index in [9.17, 15) is 9.18 Å². The van der Waals surface area contributed by atoms with Gasteiger partial charge in [-0.05, 0) is 48.9 Å². The molecular weight excluding hydrogens is 361 g/mol. The molecule has 0 spiro atoms. The monoisotopic (exact) mass is 383 g/mol. The van der Waals surface area contributed by atoms with Gasteiger partial charge in [-0.25, -0.2) is 9.37 Å². The van der Waals surface area contributed by atoms with E-state index < -0.39 is 0 Å². The van der Waals surface area contributed by atoms with Crippen molar-refractivity contribution in [1.29, 1.82) is 0 Å². The van der Waals surface area contributed by atoms with Crippen LogP contribution in [0.25, 0.3) is 10.9 Å². The van der Waals surface area contributed by atoms with E-state index >= 15 is 0 Å². The van der Waals surface area contributed by atoms with Crippen LogP contribution in [0.3, 0.4) is 0 Å².